The first-order chi connectivity index (χ1) is 11.7. The fraction of sp³-hybridized carbons (Fsp3) is 0.500. The van der Waals surface area contributed by atoms with Gasteiger partial charge in [-0.25, -0.2) is 0 Å². The molecule has 132 valence electrons. The van der Waals surface area contributed by atoms with Crippen LogP contribution in [0, 0.1) is 0 Å². The second-order valence-corrected chi connectivity index (χ2v) is 5.51. The Labute approximate surface area is 142 Å². The molecule has 6 heteroatoms. The van der Waals surface area contributed by atoms with E-state index in [2.05, 4.69) is 4.74 Å². The highest BCUT2D eigenvalue weighted by Gasteiger charge is 2.21. The van der Waals surface area contributed by atoms with E-state index in [9.17, 15) is 4.79 Å². The highest BCUT2D eigenvalue weighted by atomic mass is 16.7. The van der Waals surface area contributed by atoms with Crippen LogP contribution in [-0.4, -0.2) is 58.2 Å². The van der Waals surface area contributed by atoms with E-state index in [1.54, 1.807) is 26.2 Å². The summed E-state index contributed by atoms with van der Waals surface area (Å²) in [5.41, 5.74) is 2.05. The summed E-state index contributed by atoms with van der Waals surface area (Å²) < 4.78 is 20.3. The van der Waals surface area contributed by atoms with Crippen LogP contribution < -0.4 is 4.74 Å². The van der Waals surface area contributed by atoms with E-state index in [-0.39, 0.29) is 12.2 Å². The Morgan fingerprint density at radius 1 is 1.21 bits per heavy atom. The summed E-state index contributed by atoms with van der Waals surface area (Å²) in [5.74, 6) is 0.854. The predicted octanol–water partition coefficient (Wildman–Crippen LogP) is 2.08. The van der Waals surface area contributed by atoms with Gasteiger partial charge in [0.05, 0.1) is 26.7 Å². The quantitative estimate of drug-likeness (QED) is 0.843. The van der Waals surface area contributed by atoms with Gasteiger partial charge in [0, 0.05) is 33.4 Å². The summed E-state index contributed by atoms with van der Waals surface area (Å²) in [6.45, 7) is 1.88. The van der Waals surface area contributed by atoms with Gasteiger partial charge in [-0.15, -0.1) is 0 Å². The van der Waals surface area contributed by atoms with Crippen molar-refractivity contribution >= 4 is 12.0 Å². The zero-order valence-electron chi connectivity index (χ0n) is 14.5. The van der Waals surface area contributed by atoms with Crippen LogP contribution in [0.15, 0.2) is 24.4 Å². The Morgan fingerprint density at radius 3 is 2.58 bits per heavy atom. The van der Waals surface area contributed by atoms with Crippen molar-refractivity contribution in [2.75, 3.05) is 41.1 Å². The van der Waals surface area contributed by atoms with E-state index in [0.717, 1.165) is 16.9 Å². The molecule has 0 N–H and O–H groups in total. The van der Waals surface area contributed by atoms with Crippen LogP contribution in [-0.2, 0) is 25.4 Å². The number of methoxy groups -OCH3 is 2. The zero-order chi connectivity index (χ0) is 17.4. The molecule has 0 saturated carbocycles. The van der Waals surface area contributed by atoms with Crippen LogP contribution >= 0.6 is 0 Å². The molecule has 1 aromatic rings. The minimum atomic E-state index is -0.183. The summed E-state index contributed by atoms with van der Waals surface area (Å²) in [6.07, 6.45) is 4.70. The molecule has 1 aromatic carbocycles. The van der Waals surface area contributed by atoms with Gasteiger partial charge in [0.1, 0.15) is 5.75 Å². The number of hydrogen-bond acceptors (Lipinski definition) is 5. The zero-order valence-corrected chi connectivity index (χ0v) is 14.5. The molecule has 0 bridgehead atoms. The number of benzene rings is 1. The number of rotatable bonds is 4. The number of hydrogen-bond donors (Lipinski definition) is 0. The first kappa shape index (κ1) is 18.4. The van der Waals surface area contributed by atoms with Gasteiger partial charge in [-0.05, 0) is 29.3 Å². The van der Waals surface area contributed by atoms with E-state index in [0.29, 0.717) is 32.6 Å². The average Bonchev–Trinajstić information content (AvgIpc) is 3.04. The fourth-order valence-electron chi connectivity index (χ4n) is 2.56. The number of ether oxygens (including phenoxy) is 4. The third-order valence-corrected chi connectivity index (χ3v) is 3.74. The number of nitrogens with zero attached hydrogens (tertiary/aromatic N) is 1. The van der Waals surface area contributed by atoms with Crippen molar-refractivity contribution in [2.45, 2.75) is 19.1 Å². The van der Waals surface area contributed by atoms with Gasteiger partial charge in [0.15, 0.2) is 6.29 Å². The van der Waals surface area contributed by atoms with E-state index < -0.39 is 0 Å². The van der Waals surface area contributed by atoms with Gasteiger partial charge < -0.3 is 23.8 Å². The number of fused-ring (bicyclic) bond motifs is 1. The summed E-state index contributed by atoms with van der Waals surface area (Å²) in [5, 5.41) is 0. The topological polar surface area (TPSA) is 57.2 Å². The van der Waals surface area contributed by atoms with Crippen LogP contribution in [0.5, 0.6) is 5.75 Å². The van der Waals surface area contributed by atoms with Crippen molar-refractivity contribution in [1.82, 2.24) is 4.90 Å². The molecule has 2 aliphatic heterocycles. The van der Waals surface area contributed by atoms with Crippen molar-refractivity contribution < 1.29 is 23.7 Å². The molecule has 2 heterocycles. The van der Waals surface area contributed by atoms with Crippen LogP contribution in [0.2, 0.25) is 0 Å². The number of amides is 1. The maximum absolute atomic E-state index is 12.3. The molecule has 0 atom stereocenters. The van der Waals surface area contributed by atoms with Crippen LogP contribution in [0.3, 0.4) is 0 Å². The Hall–Kier alpha value is -1.89. The molecule has 0 unspecified atom stereocenters. The lowest BCUT2D eigenvalue weighted by Gasteiger charge is -2.18. The maximum Gasteiger partial charge on any atom is 0.230 e. The molecule has 1 fully saturated rings. The smallest absolute Gasteiger partial charge is 0.230 e. The van der Waals surface area contributed by atoms with Crippen LogP contribution in [0.1, 0.15) is 17.5 Å². The lowest BCUT2D eigenvalue weighted by molar-refractivity contribution is -0.128. The van der Waals surface area contributed by atoms with Crippen LogP contribution in [0.4, 0.5) is 0 Å². The molecule has 0 spiro atoms. The predicted molar refractivity (Wildman–Crippen MR) is 90.7 cm³/mol. The van der Waals surface area contributed by atoms with Gasteiger partial charge in [0.2, 0.25) is 5.91 Å². The van der Waals surface area contributed by atoms with Gasteiger partial charge in [0.25, 0.3) is 0 Å². The summed E-state index contributed by atoms with van der Waals surface area (Å²) in [4.78, 5) is 14.1. The normalized spacial score (nSPS) is 17.1. The Bertz CT molecular complexity index is 567. The molecular formula is C18H25NO5. The summed E-state index contributed by atoms with van der Waals surface area (Å²) in [6, 6.07) is 5.80. The Balaban J connectivity index is 0.000000647. The molecule has 1 amide bonds. The van der Waals surface area contributed by atoms with Crippen molar-refractivity contribution in [1.29, 1.82) is 0 Å². The second kappa shape index (κ2) is 9.42. The molecule has 1 saturated heterocycles. The molecule has 24 heavy (non-hydrogen) atoms. The minimum Gasteiger partial charge on any atom is -0.497 e. The first-order valence-electron chi connectivity index (χ1n) is 7.96. The lowest BCUT2D eigenvalue weighted by atomic mass is 10.0. The van der Waals surface area contributed by atoms with Gasteiger partial charge in [-0.3, -0.25) is 4.79 Å². The SMILES string of the molecule is COC.COc1ccc2c(c1)CC(=O)N(CCC1OCCO1)C=C2. The molecule has 3 rings (SSSR count). The van der Waals surface area contributed by atoms with E-state index in [4.69, 9.17) is 14.2 Å². The van der Waals surface area contributed by atoms with Crippen molar-refractivity contribution in [3.63, 3.8) is 0 Å². The number of carbonyl (C=O) groups is 1. The van der Waals surface area contributed by atoms with Crippen molar-refractivity contribution in [2.24, 2.45) is 0 Å². The van der Waals surface area contributed by atoms with Crippen LogP contribution in [0.25, 0.3) is 6.08 Å². The summed E-state index contributed by atoms with van der Waals surface area (Å²) in [7, 11) is 4.88. The van der Waals surface area contributed by atoms with Crippen molar-refractivity contribution in [3.05, 3.63) is 35.5 Å². The monoisotopic (exact) mass is 335 g/mol. The number of carbonyl (C=O) groups excluding carboxylic acids is 1. The molecule has 0 aromatic heterocycles. The van der Waals surface area contributed by atoms with E-state index in [1.165, 1.54) is 0 Å². The highest BCUT2D eigenvalue weighted by molar-refractivity contribution is 5.83. The molecule has 2 aliphatic rings. The van der Waals surface area contributed by atoms with Crippen molar-refractivity contribution in [3.8, 4) is 5.75 Å². The third-order valence-electron chi connectivity index (χ3n) is 3.74. The Kier molecular flexibility index (Phi) is 7.24. The second-order valence-electron chi connectivity index (χ2n) is 5.51. The molecular weight excluding hydrogens is 310 g/mol. The van der Waals surface area contributed by atoms with Gasteiger partial charge >= 0.3 is 0 Å². The first-order valence-corrected chi connectivity index (χ1v) is 7.96. The molecule has 0 radical (unpaired) electrons. The largest absolute Gasteiger partial charge is 0.497 e. The molecule has 0 aliphatic carbocycles. The Morgan fingerprint density at radius 2 is 1.92 bits per heavy atom. The van der Waals surface area contributed by atoms with E-state index >= 15 is 0 Å². The third kappa shape index (κ3) is 5.06. The average molecular weight is 335 g/mol. The highest BCUT2D eigenvalue weighted by Crippen LogP contribution is 2.23. The minimum absolute atomic E-state index is 0.0799. The maximum atomic E-state index is 12.3. The molecule has 6 nitrogen and oxygen atoms in total. The lowest BCUT2D eigenvalue weighted by Crippen LogP contribution is -2.29. The fourth-order valence-corrected chi connectivity index (χ4v) is 2.56. The van der Waals surface area contributed by atoms with Gasteiger partial charge in [-0.1, -0.05) is 6.07 Å². The van der Waals surface area contributed by atoms with E-state index in [1.807, 2.05) is 30.5 Å². The standard InChI is InChI=1S/C16H19NO4.C2H6O/c1-19-14-3-2-12-4-6-17(15(18)11-13(12)10-14)7-5-16-20-8-9-21-16;1-3-2/h2-4,6,10,16H,5,7-9,11H2,1H3;1-2H3. The summed E-state index contributed by atoms with van der Waals surface area (Å²) >= 11 is 0. The van der Waals surface area contributed by atoms with Gasteiger partial charge in [-0.2, -0.15) is 0 Å².